The number of nitrogens with two attached hydrogens (primary N) is 1. The third-order valence-electron chi connectivity index (χ3n) is 6.34. The number of methoxy groups -OCH3 is 1. The van der Waals surface area contributed by atoms with Crippen molar-refractivity contribution >= 4 is 12.0 Å². The Balaban J connectivity index is 1.63. The maximum Gasteiger partial charge on any atom is 0.414 e. The Morgan fingerprint density at radius 1 is 1.33 bits per heavy atom. The monoisotopic (exact) mass is 425 g/mol. The molecule has 1 aliphatic carbocycles. The zero-order valence-corrected chi connectivity index (χ0v) is 18.4. The van der Waals surface area contributed by atoms with Crippen LogP contribution in [0.3, 0.4) is 0 Å². The normalized spacial score (nSPS) is 36.8. The summed E-state index contributed by atoms with van der Waals surface area (Å²) >= 11 is 0. The number of allylic oxidation sites excluding steroid dienone is 1. The fourth-order valence-corrected chi connectivity index (χ4v) is 4.70. The van der Waals surface area contributed by atoms with Crippen LogP contribution < -0.4 is 16.4 Å². The van der Waals surface area contributed by atoms with Crippen molar-refractivity contribution in [1.29, 1.82) is 0 Å². The molecule has 2 amide bonds. The highest BCUT2D eigenvalue weighted by molar-refractivity contribution is 5.92. The largest absolute Gasteiger partial charge is 0.443 e. The lowest BCUT2D eigenvalue weighted by atomic mass is 9.68. The van der Waals surface area contributed by atoms with Gasteiger partial charge in [-0.15, -0.1) is 0 Å². The summed E-state index contributed by atoms with van der Waals surface area (Å²) in [5.41, 5.74) is 5.94. The van der Waals surface area contributed by atoms with E-state index in [4.69, 9.17) is 24.7 Å². The maximum absolute atomic E-state index is 12.3. The van der Waals surface area contributed by atoms with E-state index < -0.39 is 23.7 Å². The molecule has 0 aromatic carbocycles. The molecule has 1 saturated carbocycles. The number of nitrogens with one attached hydrogen (secondary N) is 2. The highest BCUT2D eigenvalue weighted by atomic mass is 16.6. The predicted octanol–water partition coefficient (Wildman–Crippen LogP) is 0.864. The molecule has 2 heterocycles. The molecule has 1 spiro atoms. The van der Waals surface area contributed by atoms with Gasteiger partial charge in [0.1, 0.15) is 23.4 Å². The second-order valence-electron chi connectivity index (χ2n) is 8.84. The quantitative estimate of drug-likeness (QED) is 0.282. The van der Waals surface area contributed by atoms with Crippen molar-refractivity contribution in [3.63, 3.8) is 0 Å². The molecule has 2 saturated heterocycles. The lowest BCUT2D eigenvalue weighted by Crippen LogP contribution is -2.56. The Hall–Kier alpha value is -1.52. The van der Waals surface area contributed by atoms with Gasteiger partial charge >= 0.3 is 6.09 Å². The van der Waals surface area contributed by atoms with Crippen LogP contribution in [0.2, 0.25) is 0 Å². The van der Waals surface area contributed by atoms with Crippen molar-refractivity contribution in [2.24, 2.45) is 11.7 Å². The average molecular weight is 426 g/mol. The molecule has 0 aromatic heterocycles. The first-order chi connectivity index (χ1) is 14.3. The molecule has 6 atom stereocenters. The lowest BCUT2D eigenvalue weighted by molar-refractivity contribution is -0.125. The van der Waals surface area contributed by atoms with Gasteiger partial charge in [0.15, 0.2) is 0 Å². The number of imide groups is 1. The molecular weight excluding hydrogens is 390 g/mol. The summed E-state index contributed by atoms with van der Waals surface area (Å²) in [4.78, 5) is 24.1. The molecule has 9 heteroatoms. The van der Waals surface area contributed by atoms with E-state index in [2.05, 4.69) is 37.5 Å². The van der Waals surface area contributed by atoms with E-state index in [0.29, 0.717) is 26.1 Å². The number of carbonyl (C=O) groups excluding carboxylic acids is 2. The molecular formula is C21H35N3O6. The molecule has 0 radical (unpaired) electrons. The van der Waals surface area contributed by atoms with Crippen molar-refractivity contribution < 1.29 is 28.5 Å². The summed E-state index contributed by atoms with van der Waals surface area (Å²) in [7, 11) is 1.62. The van der Waals surface area contributed by atoms with Crippen molar-refractivity contribution in [1.82, 2.24) is 10.6 Å². The predicted molar refractivity (Wildman–Crippen MR) is 110 cm³/mol. The Bertz CT molecular complexity index is 676. The van der Waals surface area contributed by atoms with E-state index in [1.54, 1.807) is 7.11 Å². The van der Waals surface area contributed by atoms with Gasteiger partial charge in [-0.25, -0.2) is 4.79 Å². The molecule has 2 aliphatic heterocycles. The van der Waals surface area contributed by atoms with E-state index in [-0.39, 0.29) is 30.3 Å². The molecule has 0 aromatic rings. The zero-order chi connectivity index (χ0) is 21.9. The van der Waals surface area contributed by atoms with E-state index in [9.17, 15) is 9.59 Å². The minimum atomic E-state index is -0.768. The first-order valence-corrected chi connectivity index (χ1v) is 10.6. The standard InChI is InChI=1S/C21H35N3O6/c1-13(2)5-6-15-20(3,30-15)18-17(27-4)14(7-8-21(18)12-28-21)29-19(26)24-16(25)11-23-10-9-22/h5,14-15,17-18,23H,6-12,22H2,1-4H3,(H,24,25,26)/t14-,15-,17-,18-,20-,21+/m1/s1. The van der Waals surface area contributed by atoms with Gasteiger partial charge in [-0.2, -0.15) is 0 Å². The Morgan fingerprint density at radius 3 is 2.67 bits per heavy atom. The maximum atomic E-state index is 12.3. The number of rotatable bonds is 9. The summed E-state index contributed by atoms with van der Waals surface area (Å²) in [5, 5.41) is 5.08. The molecule has 4 N–H and O–H groups in total. The van der Waals surface area contributed by atoms with Gasteiger partial charge in [-0.3, -0.25) is 10.1 Å². The highest BCUT2D eigenvalue weighted by Gasteiger charge is 2.72. The van der Waals surface area contributed by atoms with Crippen molar-refractivity contribution in [3.05, 3.63) is 11.6 Å². The number of carbonyl (C=O) groups is 2. The number of epoxide rings is 2. The van der Waals surface area contributed by atoms with Gasteiger partial charge in [0, 0.05) is 20.2 Å². The minimum Gasteiger partial charge on any atom is -0.443 e. The number of amides is 2. The van der Waals surface area contributed by atoms with E-state index in [1.165, 1.54) is 5.57 Å². The minimum absolute atomic E-state index is 0.00219. The number of hydrogen-bond donors (Lipinski definition) is 3. The van der Waals surface area contributed by atoms with Crippen LogP contribution in [0.1, 0.15) is 40.0 Å². The number of hydrogen-bond acceptors (Lipinski definition) is 8. The Kier molecular flexibility index (Phi) is 7.19. The summed E-state index contributed by atoms with van der Waals surface area (Å²) in [6, 6.07) is 0. The van der Waals surface area contributed by atoms with Crippen LogP contribution in [0.4, 0.5) is 4.79 Å². The fraction of sp³-hybridized carbons (Fsp3) is 0.810. The van der Waals surface area contributed by atoms with Crippen LogP contribution in [0.15, 0.2) is 11.6 Å². The van der Waals surface area contributed by atoms with Crippen LogP contribution in [-0.4, -0.2) is 74.9 Å². The lowest BCUT2D eigenvalue weighted by Gasteiger charge is -2.42. The highest BCUT2D eigenvalue weighted by Crippen LogP contribution is 2.59. The van der Waals surface area contributed by atoms with Gasteiger partial charge in [0.2, 0.25) is 5.91 Å². The Labute approximate surface area is 178 Å². The van der Waals surface area contributed by atoms with Crippen LogP contribution >= 0.6 is 0 Å². The SMILES string of the molecule is CO[C@@H]1[C@H](OC(=O)NC(=O)CNCCN)CC[C@]2(CO2)[C@H]1[C@]1(C)O[C@@H]1CC=C(C)C. The Morgan fingerprint density at radius 2 is 2.07 bits per heavy atom. The molecule has 3 rings (SSSR count). The van der Waals surface area contributed by atoms with Gasteiger partial charge in [-0.1, -0.05) is 11.6 Å². The van der Waals surface area contributed by atoms with Crippen LogP contribution in [0.25, 0.3) is 0 Å². The van der Waals surface area contributed by atoms with Gasteiger partial charge in [0.25, 0.3) is 0 Å². The van der Waals surface area contributed by atoms with E-state index in [1.807, 2.05) is 0 Å². The molecule has 0 bridgehead atoms. The van der Waals surface area contributed by atoms with Crippen molar-refractivity contribution in [2.75, 3.05) is 33.4 Å². The molecule has 3 fully saturated rings. The first-order valence-electron chi connectivity index (χ1n) is 10.6. The number of ether oxygens (including phenoxy) is 4. The topological polar surface area (TPSA) is 128 Å². The molecule has 170 valence electrons. The number of alkyl carbamates (subject to hydrolysis) is 1. The van der Waals surface area contributed by atoms with Gasteiger partial charge in [-0.05, 0) is 40.0 Å². The zero-order valence-electron chi connectivity index (χ0n) is 18.4. The third kappa shape index (κ3) is 5.03. The van der Waals surface area contributed by atoms with Gasteiger partial charge < -0.3 is 30.0 Å². The second-order valence-corrected chi connectivity index (χ2v) is 8.84. The van der Waals surface area contributed by atoms with Crippen LogP contribution in [-0.2, 0) is 23.7 Å². The second kappa shape index (κ2) is 9.32. The first kappa shape index (κ1) is 23.1. The van der Waals surface area contributed by atoms with Crippen LogP contribution in [0, 0.1) is 5.92 Å². The van der Waals surface area contributed by atoms with Crippen molar-refractivity contribution in [2.45, 2.75) is 69.5 Å². The molecule has 3 aliphatic rings. The fourth-order valence-electron chi connectivity index (χ4n) is 4.70. The summed E-state index contributed by atoms with van der Waals surface area (Å²) in [5.74, 6) is -0.518. The van der Waals surface area contributed by atoms with Crippen LogP contribution in [0.5, 0.6) is 0 Å². The molecule has 9 nitrogen and oxygen atoms in total. The van der Waals surface area contributed by atoms with E-state index >= 15 is 0 Å². The summed E-state index contributed by atoms with van der Waals surface area (Å²) in [6.45, 7) is 7.80. The summed E-state index contributed by atoms with van der Waals surface area (Å²) in [6.07, 6.45) is 2.83. The summed E-state index contributed by atoms with van der Waals surface area (Å²) < 4.78 is 23.5. The van der Waals surface area contributed by atoms with Gasteiger partial charge in [0.05, 0.1) is 25.2 Å². The van der Waals surface area contributed by atoms with Crippen molar-refractivity contribution in [3.8, 4) is 0 Å². The smallest absolute Gasteiger partial charge is 0.414 e. The average Bonchev–Trinajstić information content (AvgIpc) is 3.59. The third-order valence-corrected chi connectivity index (χ3v) is 6.34. The molecule has 0 unspecified atom stereocenters. The molecule has 30 heavy (non-hydrogen) atoms. The van der Waals surface area contributed by atoms with E-state index in [0.717, 1.165) is 12.8 Å².